The number of aromatic nitrogens is 1. The molecule has 21 heavy (non-hydrogen) atoms. The fourth-order valence-corrected chi connectivity index (χ4v) is 5.40. The average molecular weight is 308 g/mol. The third-order valence-corrected chi connectivity index (χ3v) is 6.41. The fourth-order valence-electron chi connectivity index (χ4n) is 4.00. The van der Waals surface area contributed by atoms with Crippen LogP contribution in [0.2, 0.25) is 0 Å². The highest BCUT2D eigenvalue weighted by molar-refractivity contribution is 7.12. The summed E-state index contributed by atoms with van der Waals surface area (Å²) in [6.45, 7) is 7.60. The van der Waals surface area contributed by atoms with E-state index in [1.807, 2.05) is 11.3 Å². The van der Waals surface area contributed by atoms with E-state index in [0.29, 0.717) is 11.5 Å². The van der Waals surface area contributed by atoms with E-state index in [0.717, 1.165) is 25.9 Å². The van der Waals surface area contributed by atoms with E-state index in [1.165, 1.54) is 34.8 Å². The molecule has 1 heterocycles. The Hall–Kier alpha value is -0.450. The van der Waals surface area contributed by atoms with E-state index in [-0.39, 0.29) is 5.60 Å². The van der Waals surface area contributed by atoms with Gasteiger partial charge in [-0.15, -0.1) is 11.3 Å². The van der Waals surface area contributed by atoms with Gasteiger partial charge in [0.15, 0.2) is 0 Å². The molecule has 0 bridgehead atoms. The molecule has 3 nitrogen and oxygen atoms in total. The summed E-state index contributed by atoms with van der Waals surface area (Å²) in [7, 11) is 2.07. The molecule has 1 aromatic rings. The van der Waals surface area contributed by atoms with Crippen molar-refractivity contribution in [1.29, 1.82) is 0 Å². The van der Waals surface area contributed by atoms with Gasteiger partial charge < -0.3 is 10.1 Å². The van der Waals surface area contributed by atoms with Crippen LogP contribution >= 0.6 is 11.3 Å². The van der Waals surface area contributed by atoms with E-state index in [1.54, 1.807) is 0 Å². The molecule has 1 atom stereocenters. The van der Waals surface area contributed by atoms with Gasteiger partial charge in [0.2, 0.25) is 0 Å². The Morgan fingerprint density at radius 1 is 1.33 bits per heavy atom. The zero-order valence-electron chi connectivity index (χ0n) is 13.8. The Morgan fingerprint density at radius 3 is 2.67 bits per heavy atom. The maximum atomic E-state index is 6.20. The van der Waals surface area contributed by atoms with Crippen LogP contribution in [0.3, 0.4) is 0 Å². The topological polar surface area (TPSA) is 34.1 Å². The molecule has 4 heteroatoms. The van der Waals surface area contributed by atoms with Crippen LogP contribution in [0.5, 0.6) is 0 Å². The van der Waals surface area contributed by atoms with Gasteiger partial charge in [-0.1, -0.05) is 26.7 Å². The predicted octanol–water partition coefficient (Wildman–Crippen LogP) is 4.18. The minimum atomic E-state index is -0.0841. The van der Waals surface area contributed by atoms with Gasteiger partial charge in [0.1, 0.15) is 10.6 Å². The number of fused-ring (bicyclic) bond motifs is 1. The molecule has 0 amide bonds. The SMILES string of the molecule is CCOC1(c2nc3c(s2)C(NC)CC(C)(C)C3)CCCC1. The maximum Gasteiger partial charge on any atom is 0.125 e. The quantitative estimate of drug-likeness (QED) is 0.906. The minimum Gasteiger partial charge on any atom is -0.368 e. The van der Waals surface area contributed by atoms with Crippen LogP contribution in [0.4, 0.5) is 0 Å². The van der Waals surface area contributed by atoms with Gasteiger partial charge in [0.05, 0.1) is 5.69 Å². The normalized spacial score (nSPS) is 26.8. The molecule has 118 valence electrons. The fraction of sp³-hybridized carbons (Fsp3) is 0.824. The van der Waals surface area contributed by atoms with E-state index in [4.69, 9.17) is 9.72 Å². The maximum absolute atomic E-state index is 6.20. The van der Waals surface area contributed by atoms with Crippen molar-refractivity contribution >= 4 is 11.3 Å². The van der Waals surface area contributed by atoms with E-state index < -0.39 is 0 Å². The van der Waals surface area contributed by atoms with E-state index >= 15 is 0 Å². The molecule has 1 saturated carbocycles. The van der Waals surface area contributed by atoms with Crippen molar-refractivity contribution in [2.24, 2.45) is 5.41 Å². The Balaban J connectivity index is 1.98. The number of nitrogens with one attached hydrogen (secondary N) is 1. The number of rotatable bonds is 4. The average Bonchev–Trinajstić information content (AvgIpc) is 3.04. The zero-order chi connectivity index (χ0) is 15.1. The van der Waals surface area contributed by atoms with Crippen LogP contribution in [0, 0.1) is 5.41 Å². The highest BCUT2D eigenvalue weighted by atomic mass is 32.1. The molecule has 1 N–H and O–H groups in total. The van der Waals surface area contributed by atoms with Crippen molar-refractivity contribution in [3.05, 3.63) is 15.6 Å². The lowest BCUT2D eigenvalue weighted by Crippen LogP contribution is -2.30. The van der Waals surface area contributed by atoms with Crippen molar-refractivity contribution in [1.82, 2.24) is 10.3 Å². The van der Waals surface area contributed by atoms with Gasteiger partial charge in [-0.2, -0.15) is 0 Å². The Labute approximate surface area is 132 Å². The summed E-state index contributed by atoms with van der Waals surface area (Å²) in [6, 6.07) is 0.454. The first-order chi connectivity index (χ1) is 10.00. The molecule has 1 unspecified atom stereocenters. The van der Waals surface area contributed by atoms with Crippen LogP contribution in [-0.2, 0) is 16.8 Å². The summed E-state index contributed by atoms with van der Waals surface area (Å²) in [6.07, 6.45) is 7.11. The second-order valence-corrected chi connectivity index (χ2v) is 8.38. The molecule has 1 fully saturated rings. The van der Waals surface area contributed by atoms with Gasteiger partial charge in [0, 0.05) is 17.5 Å². The summed E-state index contributed by atoms with van der Waals surface area (Å²) in [5.41, 5.74) is 1.57. The molecule has 1 aromatic heterocycles. The first-order valence-corrected chi connectivity index (χ1v) is 9.13. The van der Waals surface area contributed by atoms with Crippen molar-refractivity contribution in [3.63, 3.8) is 0 Å². The Morgan fingerprint density at radius 2 is 2.05 bits per heavy atom. The van der Waals surface area contributed by atoms with E-state index in [9.17, 15) is 0 Å². The highest BCUT2D eigenvalue weighted by Crippen LogP contribution is 2.49. The van der Waals surface area contributed by atoms with E-state index in [2.05, 4.69) is 33.1 Å². The summed E-state index contributed by atoms with van der Waals surface area (Å²) in [5.74, 6) is 0. The summed E-state index contributed by atoms with van der Waals surface area (Å²) < 4.78 is 6.20. The summed E-state index contributed by atoms with van der Waals surface area (Å²) in [4.78, 5) is 6.53. The summed E-state index contributed by atoms with van der Waals surface area (Å²) >= 11 is 1.91. The standard InChI is InChI=1S/C17H28N2OS/c1-5-20-17(8-6-7-9-17)15-19-13-11-16(2,3)10-12(18-4)14(13)21-15/h12,18H,5-11H2,1-4H3. The molecule has 2 aliphatic carbocycles. The molecule has 0 saturated heterocycles. The minimum absolute atomic E-state index is 0.0841. The Kier molecular flexibility index (Phi) is 4.15. The third-order valence-electron chi connectivity index (χ3n) is 5.02. The van der Waals surface area contributed by atoms with Crippen molar-refractivity contribution in [2.45, 2.75) is 70.9 Å². The van der Waals surface area contributed by atoms with Crippen LogP contribution in [0.25, 0.3) is 0 Å². The van der Waals surface area contributed by atoms with Crippen molar-refractivity contribution in [2.75, 3.05) is 13.7 Å². The van der Waals surface area contributed by atoms with Crippen LogP contribution in [0.15, 0.2) is 0 Å². The van der Waals surface area contributed by atoms with Crippen LogP contribution in [0.1, 0.15) is 74.5 Å². The number of nitrogens with zero attached hydrogens (tertiary/aromatic N) is 1. The zero-order valence-corrected chi connectivity index (χ0v) is 14.6. The molecule has 2 aliphatic rings. The molecule has 0 aliphatic heterocycles. The monoisotopic (exact) mass is 308 g/mol. The lowest BCUT2D eigenvalue weighted by Gasteiger charge is -2.34. The van der Waals surface area contributed by atoms with Crippen molar-refractivity contribution in [3.8, 4) is 0 Å². The summed E-state index contributed by atoms with van der Waals surface area (Å²) in [5, 5.41) is 4.73. The second kappa shape index (κ2) is 5.64. The van der Waals surface area contributed by atoms with Crippen molar-refractivity contribution < 1.29 is 4.74 Å². The first-order valence-electron chi connectivity index (χ1n) is 8.31. The Bertz CT molecular complexity index is 503. The highest BCUT2D eigenvalue weighted by Gasteiger charge is 2.42. The van der Waals surface area contributed by atoms with Gasteiger partial charge in [-0.05, 0) is 45.1 Å². The first kappa shape index (κ1) is 15.4. The number of hydrogen-bond acceptors (Lipinski definition) is 4. The lowest BCUT2D eigenvalue weighted by atomic mass is 9.76. The molecule has 0 radical (unpaired) electrons. The molecule has 3 rings (SSSR count). The number of hydrogen-bond donors (Lipinski definition) is 1. The molecular weight excluding hydrogens is 280 g/mol. The molecular formula is C17H28N2OS. The molecule has 0 aromatic carbocycles. The van der Waals surface area contributed by atoms with Crippen LogP contribution in [-0.4, -0.2) is 18.6 Å². The number of ether oxygens (including phenoxy) is 1. The van der Waals surface area contributed by atoms with Gasteiger partial charge >= 0.3 is 0 Å². The lowest BCUT2D eigenvalue weighted by molar-refractivity contribution is -0.0392. The van der Waals surface area contributed by atoms with Gasteiger partial charge in [-0.3, -0.25) is 0 Å². The largest absolute Gasteiger partial charge is 0.368 e. The smallest absolute Gasteiger partial charge is 0.125 e. The van der Waals surface area contributed by atoms with Gasteiger partial charge in [0.25, 0.3) is 0 Å². The molecule has 0 spiro atoms. The number of thiazole rings is 1. The second-order valence-electron chi connectivity index (χ2n) is 7.35. The third kappa shape index (κ3) is 2.78. The van der Waals surface area contributed by atoms with Crippen LogP contribution < -0.4 is 5.32 Å². The van der Waals surface area contributed by atoms with Gasteiger partial charge in [-0.25, -0.2) is 4.98 Å². The predicted molar refractivity (Wildman–Crippen MR) is 87.8 cm³/mol.